The first kappa shape index (κ1) is 11.0. The van der Waals surface area contributed by atoms with Crippen molar-refractivity contribution in [1.29, 1.82) is 0 Å². The molecule has 78 valence electrons. The summed E-state index contributed by atoms with van der Waals surface area (Å²) in [6, 6.07) is 0. The SMILES string of the molecule is C[C@@H](CO)C(CO)C1CCCCC1. The highest BCUT2D eigenvalue weighted by Gasteiger charge is 2.26. The molecular formula is C11H22O2. The Hall–Kier alpha value is -0.0800. The monoisotopic (exact) mass is 186 g/mol. The van der Waals surface area contributed by atoms with Gasteiger partial charge in [-0.3, -0.25) is 0 Å². The molecule has 0 aliphatic heterocycles. The first-order chi connectivity index (χ1) is 6.29. The Labute approximate surface area is 81.0 Å². The van der Waals surface area contributed by atoms with Gasteiger partial charge >= 0.3 is 0 Å². The van der Waals surface area contributed by atoms with Crippen LogP contribution in [0.1, 0.15) is 39.0 Å². The van der Waals surface area contributed by atoms with Gasteiger partial charge in [-0.25, -0.2) is 0 Å². The maximum atomic E-state index is 9.27. The summed E-state index contributed by atoms with van der Waals surface area (Å²) in [5.41, 5.74) is 0. The van der Waals surface area contributed by atoms with Gasteiger partial charge in [0.05, 0.1) is 0 Å². The smallest absolute Gasteiger partial charge is 0.0465 e. The molecule has 1 aliphatic rings. The van der Waals surface area contributed by atoms with Gasteiger partial charge in [0, 0.05) is 13.2 Å². The van der Waals surface area contributed by atoms with Crippen LogP contribution in [0.15, 0.2) is 0 Å². The molecule has 0 heterocycles. The molecule has 0 saturated heterocycles. The Kier molecular flexibility index (Phi) is 4.74. The van der Waals surface area contributed by atoms with Crippen LogP contribution >= 0.6 is 0 Å². The van der Waals surface area contributed by atoms with Gasteiger partial charge in [-0.15, -0.1) is 0 Å². The Morgan fingerprint density at radius 1 is 1.08 bits per heavy atom. The van der Waals surface area contributed by atoms with Gasteiger partial charge in [0.25, 0.3) is 0 Å². The van der Waals surface area contributed by atoms with E-state index in [0.717, 1.165) is 0 Å². The fraction of sp³-hybridized carbons (Fsp3) is 1.00. The molecule has 1 fully saturated rings. The van der Waals surface area contributed by atoms with E-state index in [1.54, 1.807) is 0 Å². The summed E-state index contributed by atoms with van der Waals surface area (Å²) in [5, 5.41) is 18.3. The van der Waals surface area contributed by atoms with Crippen molar-refractivity contribution in [1.82, 2.24) is 0 Å². The van der Waals surface area contributed by atoms with Gasteiger partial charge in [0.15, 0.2) is 0 Å². The topological polar surface area (TPSA) is 40.5 Å². The Morgan fingerprint density at radius 3 is 2.15 bits per heavy atom. The van der Waals surface area contributed by atoms with Gasteiger partial charge in [0.2, 0.25) is 0 Å². The molecule has 1 aliphatic carbocycles. The van der Waals surface area contributed by atoms with Crippen molar-refractivity contribution in [2.24, 2.45) is 17.8 Å². The lowest BCUT2D eigenvalue weighted by Gasteiger charge is -2.32. The van der Waals surface area contributed by atoms with Crippen molar-refractivity contribution in [2.75, 3.05) is 13.2 Å². The summed E-state index contributed by atoms with van der Waals surface area (Å²) in [5.74, 6) is 1.24. The summed E-state index contributed by atoms with van der Waals surface area (Å²) >= 11 is 0. The fourth-order valence-electron chi connectivity index (χ4n) is 2.49. The van der Waals surface area contributed by atoms with E-state index in [9.17, 15) is 5.11 Å². The van der Waals surface area contributed by atoms with E-state index >= 15 is 0 Å². The summed E-state index contributed by atoms with van der Waals surface area (Å²) in [6.07, 6.45) is 6.45. The molecule has 13 heavy (non-hydrogen) atoms. The summed E-state index contributed by atoms with van der Waals surface area (Å²) < 4.78 is 0. The molecule has 0 bridgehead atoms. The van der Waals surface area contributed by atoms with Crippen LogP contribution in [0.3, 0.4) is 0 Å². The molecule has 2 atom stereocenters. The number of hydrogen-bond acceptors (Lipinski definition) is 2. The van der Waals surface area contributed by atoms with Crippen molar-refractivity contribution in [2.45, 2.75) is 39.0 Å². The van der Waals surface area contributed by atoms with Crippen LogP contribution in [0, 0.1) is 17.8 Å². The van der Waals surface area contributed by atoms with Crippen LogP contribution < -0.4 is 0 Å². The average molecular weight is 186 g/mol. The minimum Gasteiger partial charge on any atom is -0.396 e. The van der Waals surface area contributed by atoms with Crippen molar-refractivity contribution in [3.8, 4) is 0 Å². The third-order valence-electron chi connectivity index (χ3n) is 3.49. The van der Waals surface area contributed by atoms with E-state index in [1.807, 2.05) is 6.92 Å². The maximum Gasteiger partial charge on any atom is 0.0465 e. The highest BCUT2D eigenvalue weighted by Crippen LogP contribution is 2.33. The van der Waals surface area contributed by atoms with Crippen LogP contribution in [-0.4, -0.2) is 23.4 Å². The van der Waals surface area contributed by atoms with Crippen LogP contribution in [0.25, 0.3) is 0 Å². The van der Waals surface area contributed by atoms with Gasteiger partial charge < -0.3 is 10.2 Å². The van der Waals surface area contributed by atoms with Crippen molar-refractivity contribution >= 4 is 0 Å². The first-order valence-electron chi connectivity index (χ1n) is 5.51. The lowest BCUT2D eigenvalue weighted by Crippen LogP contribution is -2.28. The minimum absolute atomic E-state index is 0.210. The lowest BCUT2D eigenvalue weighted by atomic mass is 9.75. The number of rotatable bonds is 4. The average Bonchev–Trinajstić information content (AvgIpc) is 2.20. The summed E-state index contributed by atoms with van der Waals surface area (Å²) in [4.78, 5) is 0. The Balaban J connectivity index is 2.43. The molecule has 0 radical (unpaired) electrons. The third kappa shape index (κ3) is 2.96. The second-order valence-electron chi connectivity index (χ2n) is 4.40. The molecule has 1 saturated carbocycles. The second kappa shape index (κ2) is 5.61. The van der Waals surface area contributed by atoms with E-state index in [2.05, 4.69) is 0 Å². The van der Waals surface area contributed by atoms with Crippen LogP contribution in [0.2, 0.25) is 0 Å². The van der Waals surface area contributed by atoms with Crippen LogP contribution in [0.4, 0.5) is 0 Å². The van der Waals surface area contributed by atoms with Crippen molar-refractivity contribution in [3.63, 3.8) is 0 Å². The molecule has 0 aromatic heterocycles. The zero-order valence-electron chi connectivity index (χ0n) is 8.58. The molecule has 1 rings (SSSR count). The highest BCUT2D eigenvalue weighted by molar-refractivity contribution is 4.76. The molecule has 0 amide bonds. The van der Waals surface area contributed by atoms with Gasteiger partial charge in [-0.1, -0.05) is 39.0 Å². The molecule has 1 unspecified atom stereocenters. The largest absolute Gasteiger partial charge is 0.396 e. The standard InChI is InChI=1S/C11H22O2/c1-9(7-12)11(8-13)10-5-3-2-4-6-10/h9-13H,2-8H2,1H3/t9-,11?/m0/s1. The fourth-order valence-corrected chi connectivity index (χ4v) is 2.49. The zero-order valence-corrected chi connectivity index (χ0v) is 8.58. The highest BCUT2D eigenvalue weighted by atomic mass is 16.3. The number of aliphatic hydroxyl groups is 2. The molecule has 2 N–H and O–H groups in total. The summed E-state index contributed by atoms with van der Waals surface area (Å²) in [6.45, 7) is 2.49. The Bertz CT molecular complexity index is 130. The lowest BCUT2D eigenvalue weighted by molar-refractivity contribution is 0.0725. The quantitative estimate of drug-likeness (QED) is 0.703. The molecular weight excluding hydrogens is 164 g/mol. The number of aliphatic hydroxyl groups excluding tert-OH is 2. The van der Waals surface area contributed by atoms with Gasteiger partial charge in [-0.05, 0) is 17.8 Å². The second-order valence-corrected chi connectivity index (χ2v) is 4.40. The molecule has 2 heteroatoms. The minimum atomic E-state index is 0.210. The van der Waals surface area contributed by atoms with E-state index in [1.165, 1.54) is 32.1 Å². The van der Waals surface area contributed by atoms with E-state index < -0.39 is 0 Å². The van der Waals surface area contributed by atoms with E-state index in [4.69, 9.17) is 5.11 Å². The maximum absolute atomic E-state index is 9.27. The van der Waals surface area contributed by atoms with E-state index in [-0.39, 0.29) is 19.1 Å². The van der Waals surface area contributed by atoms with Crippen molar-refractivity contribution in [3.05, 3.63) is 0 Å². The van der Waals surface area contributed by atoms with Crippen molar-refractivity contribution < 1.29 is 10.2 Å². The number of hydrogen-bond donors (Lipinski definition) is 2. The third-order valence-corrected chi connectivity index (χ3v) is 3.49. The van der Waals surface area contributed by atoms with E-state index in [0.29, 0.717) is 11.8 Å². The predicted molar refractivity (Wildman–Crippen MR) is 53.4 cm³/mol. The normalized spacial score (nSPS) is 24.2. The zero-order chi connectivity index (χ0) is 9.68. The van der Waals surface area contributed by atoms with Gasteiger partial charge in [-0.2, -0.15) is 0 Å². The van der Waals surface area contributed by atoms with Gasteiger partial charge in [0.1, 0.15) is 0 Å². The first-order valence-corrected chi connectivity index (χ1v) is 5.51. The molecule has 2 nitrogen and oxygen atoms in total. The predicted octanol–water partition coefficient (Wildman–Crippen LogP) is 1.80. The van der Waals surface area contributed by atoms with Crippen LogP contribution in [0.5, 0.6) is 0 Å². The summed E-state index contributed by atoms with van der Waals surface area (Å²) in [7, 11) is 0. The molecule has 0 spiro atoms. The molecule has 0 aromatic carbocycles. The Morgan fingerprint density at radius 2 is 1.69 bits per heavy atom. The molecule has 0 aromatic rings. The van der Waals surface area contributed by atoms with Crippen LogP contribution in [-0.2, 0) is 0 Å².